The molecule has 0 radical (unpaired) electrons. The van der Waals surface area contributed by atoms with Gasteiger partial charge in [-0.1, -0.05) is 35.9 Å². The second kappa shape index (κ2) is 9.14. The van der Waals surface area contributed by atoms with Crippen LogP contribution in [0.4, 0.5) is 5.82 Å². The van der Waals surface area contributed by atoms with Crippen molar-refractivity contribution in [2.24, 2.45) is 0 Å². The molecule has 8 heteroatoms. The van der Waals surface area contributed by atoms with Crippen LogP contribution in [0.15, 0.2) is 42.7 Å². The van der Waals surface area contributed by atoms with Gasteiger partial charge in [0.25, 0.3) is 5.91 Å². The Morgan fingerprint density at radius 3 is 2.68 bits per heavy atom. The van der Waals surface area contributed by atoms with Gasteiger partial charge in [-0.25, -0.2) is 9.97 Å². The molecule has 0 saturated heterocycles. The van der Waals surface area contributed by atoms with Gasteiger partial charge in [0.1, 0.15) is 5.82 Å². The number of rotatable bonds is 7. The van der Waals surface area contributed by atoms with E-state index in [1.54, 1.807) is 12.4 Å². The van der Waals surface area contributed by atoms with Crippen LogP contribution in [0.25, 0.3) is 10.4 Å². The number of aliphatic hydroxyl groups excluding tert-OH is 1. The first-order chi connectivity index (χ1) is 13.5. The molecule has 3 aromatic rings. The highest BCUT2D eigenvalue weighted by Crippen LogP contribution is 2.33. The van der Waals surface area contributed by atoms with Crippen LogP contribution in [0.5, 0.6) is 0 Å². The van der Waals surface area contributed by atoms with Crippen LogP contribution < -0.4 is 10.6 Å². The van der Waals surface area contributed by atoms with Crippen molar-refractivity contribution in [1.82, 2.24) is 15.3 Å². The third kappa shape index (κ3) is 4.86. The van der Waals surface area contributed by atoms with Gasteiger partial charge in [-0.15, -0.1) is 11.3 Å². The fourth-order valence-electron chi connectivity index (χ4n) is 2.64. The molecule has 146 valence electrons. The van der Waals surface area contributed by atoms with Gasteiger partial charge in [0.15, 0.2) is 5.01 Å². The first-order valence-electron chi connectivity index (χ1n) is 8.82. The van der Waals surface area contributed by atoms with Gasteiger partial charge in [0.05, 0.1) is 16.5 Å². The molecule has 0 aliphatic rings. The Hall–Kier alpha value is -2.48. The molecular formula is C20H21ClN4O2S. The van der Waals surface area contributed by atoms with Crippen LogP contribution in [0.3, 0.4) is 0 Å². The molecule has 0 bridgehead atoms. The third-order valence-electron chi connectivity index (χ3n) is 3.99. The summed E-state index contributed by atoms with van der Waals surface area (Å²) in [5.74, 6) is 0.448. The van der Waals surface area contributed by atoms with E-state index in [-0.39, 0.29) is 18.6 Å². The van der Waals surface area contributed by atoms with Crippen LogP contribution >= 0.6 is 22.9 Å². The highest BCUT2D eigenvalue weighted by atomic mass is 35.5. The summed E-state index contributed by atoms with van der Waals surface area (Å²) >= 11 is 7.56. The van der Waals surface area contributed by atoms with Crippen LogP contribution in [0, 0.1) is 0 Å². The molecule has 1 aromatic carbocycles. The molecule has 0 aliphatic carbocycles. The minimum Gasteiger partial charge on any atom is -0.392 e. The van der Waals surface area contributed by atoms with Gasteiger partial charge in [-0.2, -0.15) is 0 Å². The summed E-state index contributed by atoms with van der Waals surface area (Å²) in [7, 11) is 0. The molecule has 0 saturated carbocycles. The number of hydrogen-bond acceptors (Lipinski definition) is 6. The molecule has 1 amide bonds. The minimum absolute atomic E-state index is 0.0687. The fraction of sp³-hybridized carbons (Fsp3) is 0.250. The summed E-state index contributed by atoms with van der Waals surface area (Å²) in [6.45, 7) is 4.31. The molecule has 2 aromatic heterocycles. The zero-order valence-corrected chi connectivity index (χ0v) is 17.1. The number of amides is 1. The van der Waals surface area contributed by atoms with Crippen LogP contribution in [-0.2, 0) is 13.2 Å². The van der Waals surface area contributed by atoms with E-state index in [9.17, 15) is 9.90 Å². The molecular weight excluding hydrogens is 396 g/mol. The third-order valence-corrected chi connectivity index (χ3v) is 5.32. The van der Waals surface area contributed by atoms with E-state index >= 15 is 0 Å². The minimum atomic E-state index is -0.269. The number of halogens is 1. The SMILES string of the molecule is CC(C)Nc1cc(-c2cnc(C(=O)NCc3ccccc3CO)s2)c(Cl)cn1. The zero-order chi connectivity index (χ0) is 20.1. The smallest absolute Gasteiger partial charge is 0.280 e. The molecule has 0 atom stereocenters. The maximum atomic E-state index is 12.5. The highest BCUT2D eigenvalue weighted by Gasteiger charge is 2.15. The van der Waals surface area contributed by atoms with Gasteiger partial charge in [-0.05, 0) is 31.0 Å². The van der Waals surface area contributed by atoms with Crippen molar-refractivity contribution >= 4 is 34.7 Å². The number of aromatic nitrogens is 2. The molecule has 0 fully saturated rings. The topological polar surface area (TPSA) is 87.1 Å². The number of anilines is 1. The lowest BCUT2D eigenvalue weighted by Crippen LogP contribution is -2.23. The predicted octanol–water partition coefficient (Wildman–Crippen LogP) is 4.10. The van der Waals surface area contributed by atoms with Crippen LogP contribution in [-0.4, -0.2) is 27.0 Å². The standard InChI is InChI=1S/C20H21ClN4O2S/c1-12(2)25-18-7-15(16(21)9-22-18)17-10-24-20(28-17)19(27)23-8-13-5-3-4-6-14(13)11-26/h3-7,9-10,12,26H,8,11H2,1-2H3,(H,22,25)(H,23,27). The molecule has 6 nitrogen and oxygen atoms in total. The van der Waals surface area contributed by atoms with Gasteiger partial charge < -0.3 is 15.7 Å². The van der Waals surface area contributed by atoms with E-state index in [1.165, 1.54) is 11.3 Å². The Bertz CT molecular complexity index is 974. The van der Waals surface area contributed by atoms with Gasteiger partial charge in [0.2, 0.25) is 0 Å². The normalized spacial score (nSPS) is 10.9. The van der Waals surface area contributed by atoms with E-state index in [2.05, 4.69) is 20.6 Å². The average Bonchev–Trinajstić information content (AvgIpc) is 3.17. The number of pyridine rings is 1. The largest absolute Gasteiger partial charge is 0.392 e. The fourth-order valence-corrected chi connectivity index (χ4v) is 3.77. The lowest BCUT2D eigenvalue weighted by atomic mass is 10.1. The second-order valence-electron chi connectivity index (χ2n) is 6.49. The number of carbonyl (C=O) groups excluding carboxylic acids is 1. The molecule has 0 aliphatic heterocycles. The van der Waals surface area contributed by atoms with E-state index in [1.807, 2.05) is 44.2 Å². The summed E-state index contributed by atoms with van der Waals surface area (Å²) in [5, 5.41) is 16.3. The number of nitrogens with zero attached hydrogens (tertiary/aromatic N) is 2. The van der Waals surface area contributed by atoms with Crippen molar-refractivity contribution in [3.8, 4) is 10.4 Å². The van der Waals surface area contributed by atoms with Crippen LogP contribution in [0.2, 0.25) is 5.02 Å². The number of thiazole rings is 1. The molecule has 28 heavy (non-hydrogen) atoms. The van der Waals surface area contributed by atoms with Gasteiger partial charge >= 0.3 is 0 Å². The molecule has 0 unspecified atom stereocenters. The summed E-state index contributed by atoms with van der Waals surface area (Å²) in [6, 6.07) is 9.53. The quantitative estimate of drug-likeness (QED) is 0.539. The highest BCUT2D eigenvalue weighted by molar-refractivity contribution is 7.17. The molecule has 3 rings (SSSR count). The van der Waals surface area contributed by atoms with Gasteiger partial charge in [-0.3, -0.25) is 4.79 Å². The monoisotopic (exact) mass is 416 g/mol. The number of hydrogen-bond donors (Lipinski definition) is 3. The second-order valence-corrected chi connectivity index (χ2v) is 7.93. The Balaban J connectivity index is 1.74. The van der Waals surface area contributed by atoms with Crippen molar-refractivity contribution < 1.29 is 9.90 Å². The maximum absolute atomic E-state index is 12.5. The first kappa shape index (κ1) is 20.3. The average molecular weight is 417 g/mol. The Labute approximate surface area is 172 Å². The number of benzene rings is 1. The Morgan fingerprint density at radius 1 is 1.21 bits per heavy atom. The number of carbonyl (C=O) groups is 1. The van der Waals surface area contributed by atoms with Gasteiger partial charge in [0, 0.05) is 30.5 Å². The predicted molar refractivity (Wildman–Crippen MR) is 113 cm³/mol. The van der Waals surface area contributed by atoms with E-state index in [0.717, 1.165) is 27.4 Å². The van der Waals surface area contributed by atoms with Crippen molar-refractivity contribution in [2.75, 3.05) is 5.32 Å². The molecule has 2 heterocycles. The van der Waals surface area contributed by atoms with Crippen molar-refractivity contribution in [3.05, 3.63) is 63.9 Å². The molecule has 0 spiro atoms. The van der Waals surface area contributed by atoms with Crippen molar-refractivity contribution in [1.29, 1.82) is 0 Å². The maximum Gasteiger partial charge on any atom is 0.280 e. The summed E-state index contributed by atoms with van der Waals surface area (Å²) in [6.07, 6.45) is 3.23. The lowest BCUT2D eigenvalue weighted by molar-refractivity contribution is 0.0950. The van der Waals surface area contributed by atoms with Crippen molar-refractivity contribution in [2.45, 2.75) is 33.0 Å². The van der Waals surface area contributed by atoms with Crippen LogP contribution in [0.1, 0.15) is 34.8 Å². The van der Waals surface area contributed by atoms with E-state index < -0.39 is 0 Å². The van der Waals surface area contributed by atoms with E-state index in [4.69, 9.17) is 11.6 Å². The van der Waals surface area contributed by atoms with Crippen molar-refractivity contribution in [3.63, 3.8) is 0 Å². The Morgan fingerprint density at radius 2 is 1.96 bits per heavy atom. The first-order valence-corrected chi connectivity index (χ1v) is 10.0. The number of nitrogens with one attached hydrogen (secondary N) is 2. The number of aliphatic hydroxyl groups is 1. The zero-order valence-electron chi connectivity index (χ0n) is 15.6. The summed E-state index contributed by atoms with van der Waals surface area (Å²) in [5.41, 5.74) is 2.44. The lowest BCUT2D eigenvalue weighted by Gasteiger charge is -2.10. The van der Waals surface area contributed by atoms with E-state index in [0.29, 0.717) is 16.6 Å². The molecule has 3 N–H and O–H groups in total. The summed E-state index contributed by atoms with van der Waals surface area (Å²) in [4.78, 5) is 21.8. The summed E-state index contributed by atoms with van der Waals surface area (Å²) < 4.78 is 0. The Kier molecular flexibility index (Phi) is 6.61.